The zero-order chi connectivity index (χ0) is 24.3. The lowest BCUT2D eigenvalue weighted by Crippen LogP contribution is -2.10. The fourth-order valence-electron chi connectivity index (χ4n) is 5.64. The van der Waals surface area contributed by atoms with Crippen molar-refractivity contribution in [2.45, 2.75) is 0 Å². The minimum atomic E-state index is 0.902. The van der Waals surface area contributed by atoms with Crippen molar-refractivity contribution in [2.75, 3.05) is 4.90 Å². The molecule has 0 spiro atoms. The molecule has 0 fully saturated rings. The average molecular weight is 492 g/mol. The van der Waals surface area contributed by atoms with Crippen molar-refractivity contribution in [1.29, 1.82) is 0 Å². The van der Waals surface area contributed by atoms with E-state index in [4.69, 9.17) is 4.42 Å². The average Bonchev–Trinajstić information content (AvgIpc) is 3.53. The molecule has 8 aromatic rings. The molecule has 0 aliphatic rings. The summed E-state index contributed by atoms with van der Waals surface area (Å²) in [6, 6.07) is 45.2. The van der Waals surface area contributed by atoms with Crippen LogP contribution in [-0.4, -0.2) is 0 Å². The number of benzene rings is 6. The Morgan fingerprint density at radius 2 is 1.19 bits per heavy atom. The van der Waals surface area contributed by atoms with E-state index in [9.17, 15) is 0 Å². The highest BCUT2D eigenvalue weighted by atomic mass is 32.1. The highest BCUT2D eigenvalue weighted by Gasteiger charge is 2.22. The molecule has 0 aliphatic carbocycles. The van der Waals surface area contributed by atoms with Gasteiger partial charge in [-0.2, -0.15) is 0 Å². The largest absolute Gasteiger partial charge is 0.456 e. The van der Waals surface area contributed by atoms with Gasteiger partial charge in [-0.15, -0.1) is 11.3 Å². The van der Waals surface area contributed by atoms with Gasteiger partial charge in [-0.3, -0.25) is 0 Å². The molecule has 6 aromatic carbocycles. The third-order valence-corrected chi connectivity index (χ3v) is 8.45. The van der Waals surface area contributed by atoms with Crippen molar-refractivity contribution in [1.82, 2.24) is 0 Å². The number of rotatable bonds is 3. The molecule has 0 unspecified atom stereocenters. The predicted molar refractivity (Wildman–Crippen MR) is 159 cm³/mol. The number of para-hydroxylation sites is 1. The molecule has 8 rings (SSSR count). The van der Waals surface area contributed by atoms with Crippen LogP contribution in [0, 0.1) is 0 Å². The van der Waals surface area contributed by atoms with Crippen LogP contribution in [0.5, 0.6) is 0 Å². The van der Waals surface area contributed by atoms with Crippen LogP contribution in [-0.2, 0) is 0 Å². The third-order valence-electron chi connectivity index (χ3n) is 7.25. The minimum absolute atomic E-state index is 0.902. The molecule has 174 valence electrons. The van der Waals surface area contributed by atoms with Crippen molar-refractivity contribution in [3.05, 3.63) is 127 Å². The zero-order valence-corrected chi connectivity index (χ0v) is 20.7. The Morgan fingerprint density at radius 3 is 2.11 bits per heavy atom. The Labute approximate surface area is 217 Å². The fraction of sp³-hybridized carbons (Fsp3) is 0. The first-order chi connectivity index (χ1) is 18.4. The van der Waals surface area contributed by atoms with E-state index in [0.29, 0.717) is 0 Å². The number of hydrogen-bond acceptors (Lipinski definition) is 3. The summed E-state index contributed by atoms with van der Waals surface area (Å²) < 4.78 is 9.06. The second-order valence-electron chi connectivity index (χ2n) is 9.34. The molecular formula is C34H21NOS. The number of furan rings is 1. The maximum atomic E-state index is 6.49. The number of fused-ring (bicyclic) bond motifs is 8. The fourth-order valence-corrected chi connectivity index (χ4v) is 6.89. The molecule has 0 bridgehead atoms. The second-order valence-corrected chi connectivity index (χ2v) is 10.4. The summed E-state index contributed by atoms with van der Waals surface area (Å²) in [5.74, 6) is 0. The topological polar surface area (TPSA) is 16.4 Å². The van der Waals surface area contributed by atoms with Crippen molar-refractivity contribution < 1.29 is 4.42 Å². The molecule has 2 nitrogen and oxygen atoms in total. The first-order valence-corrected chi connectivity index (χ1v) is 13.3. The summed E-state index contributed by atoms with van der Waals surface area (Å²) in [5.41, 5.74) is 5.20. The maximum Gasteiger partial charge on any atom is 0.137 e. The molecular weight excluding hydrogens is 470 g/mol. The first-order valence-electron chi connectivity index (χ1n) is 12.5. The van der Waals surface area contributed by atoms with E-state index >= 15 is 0 Å². The van der Waals surface area contributed by atoms with Gasteiger partial charge in [-0.25, -0.2) is 0 Å². The summed E-state index contributed by atoms with van der Waals surface area (Å²) in [6.45, 7) is 0. The van der Waals surface area contributed by atoms with Crippen molar-refractivity contribution >= 4 is 81.3 Å². The van der Waals surface area contributed by atoms with Crippen LogP contribution in [0.4, 0.5) is 17.1 Å². The summed E-state index contributed by atoms with van der Waals surface area (Å²) in [5, 5.41) is 7.34. The highest BCUT2D eigenvalue weighted by molar-refractivity contribution is 7.26. The third kappa shape index (κ3) is 3.05. The molecule has 37 heavy (non-hydrogen) atoms. The Kier molecular flexibility index (Phi) is 4.42. The molecule has 0 atom stereocenters. The number of anilines is 3. The van der Waals surface area contributed by atoms with Crippen LogP contribution < -0.4 is 4.90 Å². The van der Waals surface area contributed by atoms with Crippen LogP contribution in [0.3, 0.4) is 0 Å². The van der Waals surface area contributed by atoms with E-state index in [2.05, 4.69) is 132 Å². The van der Waals surface area contributed by atoms with Gasteiger partial charge in [-0.1, -0.05) is 78.9 Å². The van der Waals surface area contributed by atoms with Crippen molar-refractivity contribution in [2.24, 2.45) is 0 Å². The van der Waals surface area contributed by atoms with Crippen LogP contribution in [0.2, 0.25) is 0 Å². The van der Waals surface area contributed by atoms with Crippen LogP contribution in [0.15, 0.2) is 132 Å². The van der Waals surface area contributed by atoms with Gasteiger partial charge in [0.25, 0.3) is 0 Å². The van der Waals surface area contributed by atoms with E-state index in [0.717, 1.165) is 33.6 Å². The van der Waals surface area contributed by atoms with E-state index in [1.54, 1.807) is 0 Å². The summed E-state index contributed by atoms with van der Waals surface area (Å²) in [4.78, 5) is 2.38. The van der Waals surface area contributed by atoms with Gasteiger partial charge in [0.2, 0.25) is 0 Å². The lowest BCUT2D eigenvalue weighted by molar-refractivity contribution is 0.669. The van der Waals surface area contributed by atoms with E-state index in [1.165, 1.54) is 36.3 Å². The molecule has 0 saturated carbocycles. The lowest BCUT2D eigenvalue weighted by Gasteiger charge is -2.27. The van der Waals surface area contributed by atoms with Gasteiger partial charge in [0, 0.05) is 36.6 Å². The van der Waals surface area contributed by atoms with Gasteiger partial charge >= 0.3 is 0 Å². The quantitative estimate of drug-likeness (QED) is 0.244. The highest BCUT2D eigenvalue weighted by Crippen LogP contribution is 2.48. The smallest absolute Gasteiger partial charge is 0.137 e. The number of nitrogens with zero attached hydrogens (tertiary/aromatic N) is 1. The number of hydrogen-bond donors (Lipinski definition) is 0. The van der Waals surface area contributed by atoms with Crippen LogP contribution in [0.25, 0.3) is 52.9 Å². The standard InChI is InChI=1S/C34H21NOS/c1-2-12-23(13-3-1)35(27-16-8-11-22-10-4-5-14-24(22)27)28-17-9-18-29-32(28)33-30(36-29)21-20-26-25-15-6-7-19-31(25)37-34(26)33/h1-21H. The first kappa shape index (κ1) is 20.6. The van der Waals surface area contributed by atoms with Gasteiger partial charge < -0.3 is 9.32 Å². The van der Waals surface area contributed by atoms with Gasteiger partial charge in [0.1, 0.15) is 11.2 Å². The van der Waals surface area contributed by atoms with Gasteiger partial charge in [0.05, 0.1) is 16.8 Å². The molecule has 3 heteroatoms. The molecule has 2 aromatic heterocycles. The van der Waals surface area contributed by atoms with E-state index < -0.39 is 0 Å². The van der Waals surface area contributed by atoms with Gasteiger partial charge in [0.15, 0.2) is 0 Å². The SMILES string of the molecule is c1ccc(N(c2cccc3ccccc23)c2cccc3oc4ccc5c6ccccc6sc5c4c23)cc1. The molecule has 2 heterocycles. The molecule has 0 amide bonds. The molecule has 0 saturated heterocycles. The van der Waals surface area contributed by atoms with E-state index in [1.807, 2.05) is 11.3 Å². The zero-order valence-electron chi connectivity index (χ0n) is 19.9. The Morgan fingerprint density at radius 1 is 0.486 bits per heavy atom. The van der Waals surface area contributed by atoms with Gasteiger partial charge in [-0.05, 0) is 53.9 Å². The van der Waals surface area contributed by atoms with Crippen LogP contribution in [0.1, 0.15) is 0 Å². The van der Waals surface area contributed by atoms with E-state index in [-0.39, 0.29) is 0 Å². The normalized spacial score (nSPS) is 11.8. The molecule has 0 N–H and O–H groups in total. The second kappa shape index (κ2) is 7.95. The summed E-state index contributed by atoms with van der Waals surface area (Å²) in [6.07, 6.45) is 0. The van der Waals surface area contributed by atoms with Crippen molar-refractivity contribution in [3.8, 4) is 0 Å². The lowest BCUT2D eigenvalue weighted by atomic mass is 10.0. The molecule has 0 radical (unpaired) electrons. The monoisotopic (exact) mass is 491 g/mol. The van der Waals surface area contributed by atoms with Crippen molar-refractivity contribution in [3.63, 3.8) is 0 Å². The number of thiophene rings is 1. The Hall–Kier alpha value is -4.60. The Balaban J connectivity index is 1.53. The maximum absolute atomic E-state index is 6.49. The summed E-state index contributed by atoms with van der Waals surface area (Å²) >= 11 is 1.85. The predicted octanol–water partition coefficient (Wildman–Crippen LogP) is 10.6. The van der Waals surface area contributed by atoms with Crippen LogP contribution >= 0.6 is 11.3 Å². The summed E-state index contributed by atoms with van der Waals surface area (Å²) in [7, 11) is 0. The Bertz CT molecular complexity index is 2100. The molecule has 0 aliphatic heterocycles. The minimum Gasteiger partial charge on any atom is -0.456 e.